The number of hydrogen-bond acceptors (Lipinski definition) is 4. The van der Waals surface area contributed by atoms with Crippen LogP contribution in [0, 0.1) is 17.2 Å². The molecule has 3 unspecified atom stereocenters. The first-order valence-electron chi connectivity index (χ1n) is 6.82. The van der Waals surface area contributed by atoms with Crippen LogP contribution in [0.25, 0.3) is 0 Å². The Bertz CT molecular complexity index is 787. The van der Waals surface area contributed by atoms with Crippen LogP contribution < -0.4 is 0 Å². The lowest BCUT2D eigenvalue weighted by Gasteiger charge is -2.22. The first-order chi connectivity index (χ1) is 10.4. The predicted molar refractivity (Wildman–Crippen MR) is 80.4 cm³/mol. The zero-order valence-electron chi connectivity index (χ0n) is 11.4. The van der Waals surface area contributed by atoms with Gasteiger partial charge in [-0.15, -0.1) is 0 Å². The van der Waals surface area contributed by atoms with Crippen molar-refractivity contribution in [3.8, 4) is 6.07 Å². The van der Waals surface area contributed by atoms with E-state index in [1.165, 1.54) is 22.5 Å². The number of fused-ring (bicyclic) bond motifs is 2. The number of carboxylic acid groups (broad SMARTS) is 1. The van der Waals surface area contributed by atoms with Gasteiger partial charge in [-0.05, 0) is 53.4 Å². The highest BCUT2D eigenvalue weighted by molar-refractivity contribution is 9.10. The van der Waals surface area contributed by atoms with Gasteiger partial charge in [0.1, 0.15) is 6.07 Å². The van der Waals surface area contributed by atoms with E-state index in [1.807, 2.05) is 6.07 Å². The number of aliphatic carboxylic acids is 1. The number of carboxylic acids is 1. The summed E-state index contributed by atoms with van der Waals surface area (Å²) in [5.74, 6) is -1.57. The maximum absolute atomic E-state index is 12.8. The molecule has 0 saturated carbocycles. The van der Waals surface area contributed by atoms with Gasteiger partial charge in [0.2, 0.25) is 10.0 Å². The summed E-state index contributed by atoms with van der Waals surface area (Å²) >= 11 is 3.19. The van der Waals surface area contributed by atoms with Crippen LogP contribution in [0.1, 0.15) is 24.8 Å². The highest BCUT2D eigenvalue weighted by Gasteiger charge is 2.54. The molecule has 2 heterocycles. The molecule has 116 valence electrons. The minimum Gasteiger partial charge on any atom is -0.481 e. The molecule has 0 amide bonds. The van der Waals surface area contributed by atoms with Crippen molar-refractivity contribution in [3.05, 3.63) is 28.2 Å². The third kappa shape index (κ3) is 2.24. The zero-order chi connectivity index (χ0) is 16.1. The highest BCUT2D eigenvalue weighted by Crippen LogP contribution is 2.45. The normalized spacial score (nSPS) is 27.7. The van der Waals surface area contributed by atoms with E-state index < -0.39 is 28.0 Å². The summed E-state index contributed by atoms with van der Waals surface area (Å²) < 4.78 is 27.5. The molecule has 8 heteroatoms. The second-order valence-corrected chi connectivity index (χ2v) is 8.26. The molecule has 0 radical (unpaired) electrons. The summed E-state index contributed by atoms with van der Waals surface area (Å²) in [6.07, 6.45) is 1.65. The molecule has 2 fully saturated rings. The first kappa shape index (κ1) is 15.5. The smallest absolute Gasteiger partial charge is 0.308 e. The van der Waals surface area contributed by atoms with Crippen molar-refractivity contribution in [1.82, 2.24) is 4.31 Å². The lowest BCUT2D eigenvalue weighted by Crippen LogP contribution is -2.37. The molecular formula is C14H13BrN2O4S. The molecule has 1 aromatic carbocycles. The second-order valence-electron chi connectivity index (χ2n) is 5.57. The largest absolute Gasteiger partial charge is 0.481 e. The average Bonchev–Trinajstić information content (AvgIpc) is 3.05. The maximum Gasteiger partial charge on any atom is 0.308 e. The number of benzene rings is 1. The van der Waals surface area contributed by atoms with Gasteiger partial charge < -0.3 is 5.11 Å². The van der Waals surface area contributed by atoms with Crippen molar-refractivity contribution >= 4 is 31.9 Å². The van der Waals surface area contributed by atoms with Crippen molar-refractivity contribution in [2.24, 2.45) is 5.92 Å². The van der Waals surface area contributed by atoms with Gasteiger partial charge in [-0.1, -0.05) is 0 Å². The van der Waals surface area contributed by atoms with Crippen LogP contribution in [0.5, 0.6) is 0 Å². The zero-order valence-corrected chi connectivity index (χ0v) is 13.8. The van der Waals surface area contributed by atoms with E-state index >= 15 is 0 Å². The van der Waals surface area contributed by atoms with Gasteiger partial charge in [-0.3, -0.25) is 4.79 Å². The Morgan fingerprint density at radius 3 is 2.68 bits per heavy atom. The number of rotatable bonds is 3. The molecule has 2 aliphatic rings. The molecule has 1 aromatic rings. The molecule has 2 aliphatic heterocycles. The molecular weight excluding hydrogens is 372 g/mol. The molecule has 6 nitrogen and oxygen atoms in total. The van der Waals surface area contributed by atoms with Crippen LogP contribution in [0.4, 0.5) is 0 Å². The quantitative estimate of drug-likeness (QED) is 0.858. The van der Waals surface area contributed by atoms with Crippen molar-refractivity contribution in [2.75, 3.05) is 0 Å². The summed E-state index contributed by atoms with van der Waals surface area (Å²) in [5.41, 5.74) is 0.353. The fraction of sp³-hybridized carbons (Fsp3) is 0.429. The number of halogens is 1. The summed E-state index contributed by atoms with van der Waals surface area (Å²) in [6, 6.07) is 5.49. The third-order valence-electron chi connectivity index (χ3n) is 4.43. The van der Waals surface area contributed by atoms with Gasteiger partial charge in [0.05, 0.1) is 16.4 Å². The van der Waals surface area contributed by atoms with E-state index in [0.29, 0.717) is 29.3 Å². The van der Waals surface area contributed by atoms with E-state index in [4.69, 9.17) is 5.26 Å². The lowest BCUT2D eigenvalue weighted by atomic mass is 9.89. The molecule has 1 N–H and O–H groups in total. The number of sulfonamides is 1. The van der Waals surface area contributed by atoms with Crippen molar-refractivity contribution in [2.45, 2.75) is 36.2 Å². The van der Waals surface area contributed by atoms with Crippen LogP contribution in [-0.4, -0.2) is 35.9 Å². The van der Waals surface area contributed by atoms with E-state index in [1.54, 1.807) is 0 Å². The number of carbonyl (C=O) groups is 1. The first-order valence-corrected chi connectivity index (χ1v) is 9.05. The van der Waals surface area contributed by atoms with Crippen LogP contribution in [0.3, 0.4) is 0 Å². The Morgan fingerprint density at radius 1 is 1.41 bits per heavy atom. The van der Waals surface area contributed by atoms with Crippen LogP contribution in [0.15, 0.2) is 27.6 Å². The van der Waals surface area contributed by atoms with E-state index in [9.17, 15) is 18.3 Å². The second kappa shape index (κ2) is 5.33. The molecule has 0 spiro atoms. The predicted octanol–water partition coefficient (Wildman–Crippen LogP) is 1.95. The average molecular weight is 385 g/mol. The number of nitriles is 1. The summed E-state index contributed by atoms with van der Waals surface area (Å²) in [4.78, 5) is 11.4. The van der Waals surface area contributed by atoms with Gasteiger partial charge in [0, 0.05) is 16.6 Å². The molecule has 2 saturated heterocycles. The van der Waals surface area contributed by atoms with Gasteiger partial charge in [0.25, 0.3) is 0 Å². The van der Waals surface area contributed by atoms with Gasteiger partial charge >= 0.3 is 5.97 Å². The van der Waals surface area contributed by atoms with E-state index in [-0.39, 0.29) is 10.9 Å². The maximum atomic E-state index is 12.8. The molecule has 22 heavy (non-hydrogen) atoms. The Kier molecular flexibility index (Phi) is 3.75. The Morgan fingerprint density at radius 2 is 2.14 bits per heavy atom. The summed E-state index contributed by atoms with van der Waals surface area (Å²) in [6.45, 7) is 0. The summed E-state index contributed by atoms with van der Waals surface area (Å²) in [5, 5.41) is 18.1. The Balaban J connectivity index is 1.99. The lowest BCUT2D eigenvalue weighted by molar-refractivity contribution is -0.142. The van der Waals surface area contributed by atoms with Crippen molar-refractivity contribution in [1.29, 1.82) is 5.26 Å². The standard InChI is InChI=1S/C14H13BrN2O4S/c15-12-6-10(3-1-8(12)7-16)22(20,21)17-9-2-4-13(17)11(5-9)14(18)19/h1,3,6,9,11,13H,2,4-5H2,(H,18,19). The molecule has 2 bridgehead atoms. The number of hydrogen-bond donors (Lipinski definition) is 1. The van der Waals surface area contributed by atoms with Gasteiger partial charge in [0.15, 0.2) is 0 Å². The van der Waals surface area contributed by atoms with Crippen LogP contribution >= 0.6 is 15.9 Å². The van der Waals surface area contributed by atoms with Crippen LogP contribution in [0.2, 0.25) is 0 Å². The monoisotopic (exact) mass is 384 g/mol. The third-order valence-corrected chi connectivity index (χ3v) is 7.06. The molecule has 3 atom stereocenters. The van der Waals surface area contributed by atoms with E-state index in [0.717, 1.165) is 0 Å². The fourth-order valence-corrected chi connectivity index (χ4v) is 6.01. The highest BCUT2D eigenvalue weighted by atomic mass is 79.9. The van der Waals surface area contributed by atoms with Crippen LogP contribution in [-0.2, 0) is 14.8 Å². The minimum atomic E-state index is -3.76. The molecule has 0 aromatic heterocycles. The number of nitrogens with zero attached hydrogens (tertiary/aromatic N) is 2. The van der Waals surface area contributed by atoms with E-state index in [2.05, 4.69) is 15.9 Å². The Labute approximate surface area is 136 Å². The molecule has 3 rings (SSSR count). The fourth-order valence-electron chi connectivity index (χ4n) is 3.45. The van der Waals surface area contributed by atoms with Gasteiger partial charge in [-0.2, -0.15) is 9.57 Å². The van der Waals surface area contributed by atoms with Gasteiger partial charge in [-0.25, -0.2) is 8.42 Å². The molecule has 0 aliphatic carbocycles. The SMILES string of the molecule is N#Cc1ccc(S(=O)(=O)N2C3CCC2C(C(=O)O)C3)cc1Br. The Hall–Kier alpha value is -1.43. The topological polar surface area (TPSA) is 98.5 Å². The summed E-state index contributed by atoms with van der Waals surface area (Å²) in [7, 11) is -3.76. The minimum absolute atomic E-state index is 0.0845. The van der Waals surface area contributed by atoms with Crippen molar-refractivity contribution < 1.29 is 18.3 Å². The van der Waals surface area contributed by atoms with Crippen molar-refractivity contribution in [3.63, 3.8) is 0 Å².